The Morgan fingerprint density at radius 3 is 1.84 bits per heavy atom. The van der Waals surface area contributed by atoms with Crippen LogP contribution >= 0.6 is 0 Å². The van der Waals surface area contributed by atoms with Gasteiger partial charge in [-0.3, -0.25) is 0 Å². The van der Waals surface area contributed by atoms with Gasteiger partial charge in [0.2, 0.25) is 0 Å². The molecular formula is C15H12N4. The highest BCUT2D eigenvalue weighted by atomic mass is 14.9. The third-order valence-electron chi connectivity index (χ3n) is 2.80. The van der Waals surface area contributed by atoms with Gasteiger partial charge in [0.1, 0.15) is 5.82 Å². The van der Waals surface area contributed by atoms with E-state index >= 15 is 0 Å². The summed E-state index contributed by atoms with van der Waals surface area (Å²) in [6.07, 6.45) is 7.11. The van der Waals surface area contributed by atoms with Crippen LogP contribution in [0.4, 0.5) is 0 Å². The predicted molar refractivity (Wildman–Crippen MR) is 73.2 cm³/mol. The van der Waals surface area contributed by atoms with E-state index < -0.39 is 0 Å². The van der Waals surface area contributed by atoms with Crippen LogP contribution in [0.15, 0.2) is 55.1 Å². The van der Waals surface area contributed by atoms with Gasteiger partial charge in [-0.1, -0.05) is 30.3 Å². The van der Waals surface area contributed by atoms with Gasteiger partial charge in [-0.05, 0) is 12.5 Å². The van der Waals surface area contributed by atoms with E-state index in [4.69, 9.17) is 0 Å². The second-order valence-electron chi connectivity index (χ2n) is 4.18. The molecule has 4 nitrogen and oxygen atoms in total. The van der Waals surface area contributed by atoms with Crippen LogP contribution in [0.3, 0.4) is 0 Å². The molecule has 3 rings (SSSR count). The first kappa shape index (κ1) is 11.5. The molecule has 0 N–H and O–H groups in total. The summed E-state index contributed by atoms with van der Waals surface area (Å²) in [5.41, 5.74) is 2.93. The molecule has 0 fully saturated rings. The van der Waals surface area contributed by atoms with Crippen molar-refractivity contribution in [2.45, 2.75) is 6.92 Å². The number of hydrogen-bond donors (Lipinski definition) is 0. The lowest BCUT2D eigenvalue weighted by molar-refractivity contribution is 1.04. The quantitative estimate of drug-likeness (QED) is 0.699. The molecule has 0 amide bonds. The van der Waals surface area contributed by atoms with E-state index in [0.29, 0.717) is 5.82 Å². The Balaban J connectivity index is 1.93. The van der Waals surface area contributed by atoms with Crippen molar-refractivity contribution < 1.29 is 0 Å². The van der Waals surface area contributed by atoms with E-state index in [1.54, 1.807) is 12.4 Å². The predicted octanol–water partition coefficient (Wildman–Crippen LogP) is 2.91. The van der Waals surface area contributed by atoms with Crippen LogP contribution in [-0.4, -0.2) is 19.9 Å². The largest absolute Gasteiger partial charge is 0.241 e. The van der Waals surface area contributed by atoms with Gasteiger partial charge in [0.25, 0.3) is 0 Å². The van der Waals surface area contributed by atoms with E-state index in [9.17, 15) is 0 Å². The third kappa shape index (κ3) is 2.47. The molecule has 0 atom stereocenters. The Morgan fingerprint density at radius 1 is 0.632 bits per heavy atom. The van der Waals surface area contributed by atoms with Gasteiger partial charge in [-0.15, -0.1) is 0 Å². The second kappa shape index (κ2) is 4.94. The normalized spacial score (nSPS) is 10.4. The zero-order chi connectivity index (χ0) is 13.1. The van der Waals surface area contributed by atoms with Gasteiger partial charge >= 0.3 is 0 Å². The van der Waals surface area contributed by atoms with Crippen molar-refractivity contribution in [3.05, 3.63) is 60.9 Å². The lowest BCUT2D eigenvalue weighted by Crippen LogP contribution is -1.93. The fourth-order valence-electron chi connectivity index (χ4n) is 1.76. The van der Waals surface area contributed by atoms with E-state index in [-0.39, 0.29) is 0 Å². The topological polar surface area (TPSA) is 51.6 Å². The number of rotatable bonds is 2. The Bertz CT molecular complexity index is 661. The van der Waals surface area contributed by atoms with Crippen molar-refractivity contribution in [1.29, 1.82) is 0 Å². The maximum atomic E-state index is 4.36. The van der Waals surface area contributed by atoms with Crippen LogP contribution in [0, 0.1) is 6.92 Å². The SMILES string of the molecule is Cc1ncc(-c2ncc(-c3ccccc3)cn2)cn1. The summed E-state index contributed by atoms with van der Waals surface area (Å²) < 4.78 is 0. The zero-order valence-corrected chi connectivity index (χ0v) is 10.5. The first-order chi connectivity index (χ1) is 9.33. The summed E-state index contributed by atoms with van der Waals surface area (Å²) in [4.78, 5) is 17.0. The molecule has 4 heteroatoms. The molecule has 1 aromatic carbocycles. The van der Waals surface area contributed by atoms with Gasteiger partial charge in [0, 0.05) is 30.4 Å². The molecule has 0 aliphatic heterocycles. The first-order valence-electron chi connectivity index (χ1n) is 5.99. The second-order valence-corrected chi connectivity index (χ2v) is 4.18. The number of aryl methyl sites for hydroxylation is 1. The van der Waals surface area contributed by atoms with Gasteiger partial charge < -0.3 is 0 Å². The standard InChI is InChI=1S/C15H12N4/c1-11-16-9-14(10-17-11)15-18-7-13(8-19-15)12-5-3-2-4-6-12/h2-10H,1H3. The number of nitrogens with zero attached hydrogens (tertiary/aromatic N) is 4. The van der Waals surface area contributed by atoms with E-state index in [1.807, 2.05) is 49.6 Å². The Kier molecular flexibility index (Phi) is 2.98. The van der Waals surface area contributed by atoms with Crippen molar-refractivity contribution in [1.82, 2.24) is 19.9 Å². The molecule has 0 aliphatic carbocycles. The molecule has 0 radical (unpaired) electrons. The summed E-state index contributed by atoms with van der Waals surface area (Å²) in [6, 6.07) is 10.1. The summed E-state index contributed by atoms with van der Waals surface area (Å²) in [6.45, 7) is 1.85. The van der Waals surface area contributed by atoms with E-state index in [0.717, 1.165) is 22.5 Å². The third-order valence-corrected chi connectivity index (χ3v) is 2.80. The number of hydrogen-bond acceptors (Lipinski definition) is 4. The Labute approximate surface area is 111 Å². The molecular weight excluding hydrogens is 236 g/mol. The number of benzene rings is 1. The van der Waals surface area contributed by atoms with E-state index in [2.05, 4.69) is 19.9 Å². The monoisotopic (exact) mass is 248 g/mol. The summed E-state index contributed by atoms with van der Waals surface area (Å²) in [5, 5.41) is 0. The van der Waals surface area contributed by atoms with Crippen LogP contribution in [0.2, 0.25) is 0 Å². The summed E-state index contributed by atoms with van der Waals surface area (Å²) in [5.74, 6) is 1.38. The van der Waals surface area contributed by atoms with Crippen LogP contribution in [-0.2, 0) is 0 Å². The molecule has 2 heterocycles. The molecule has 92 valence electrons. The highest BCUT2D eigenvalue weighted by Crippen LogP contribution is 2.19. The lowest BCUT2D eigenvalue weighted by atomic mass is 10.1. The van der Waals surface area contributed by atoms with Crippen LogP contribution in [0.25, 0.3) is 22.5 Å². The molecule has 0 saturated heterocycles. The summed E-state index contributed by atoms with van der Waals surface area (Å²) in [7, 11) is 0. The summed E-state index contributed by atoms with van der Waals surface area (Å²) >= 11 is 0. The minimum atomic E-state index is 0.639. The molecule has 2 aromatic heterocycles. The lowest BCUT2D eigenvalue weighted by Gasteiger charge is -2.02. The molecule has 19 heavy (non-hydrogen) atoms. The fraction of sp³-hybridized carbons (Fsp3) is 0.0667. The van der Waals surface area contributed by atoms with Crippen molar-refractivity contribution in [3.63, 3.8) is 0 Å². The first-order valence-corrected chi connectivity index (χ1v) is 5.99. The van der Waals surface area contributed by atoms with Crippen LogP contribution in [0.5, 0.6) is 0 Å². The molecule has 0 aliphatic rings. The highest BCUT2D eigenvalue weighted by Gasteiger charge is 2.03. The van der Waals surface area contributed by atoms with Crippen molar-refractivity contribution in [2.75, 3.05) is 0 Å². The van der Waals surface area contributed by atoms with Crippen LogP contribution in [0.1, 0.15) is 5.82 Å². The smallest absolute Gasteiger partial charge is 0.162 e. The fourth-order valence-corrected chi connectivity index (χ4v) is 1.76. The van der Waals surface area contributed by atoms with Gasteiger partial charge in [-0.2, -0.15) is 0 Å². The van der Waals surface area contributed by atoms with Crippen molar-refractivity contribution >= 4 is 0 Å². The maximum Gasteiger partial charge on any atom is 0.162 e. The van der Waals surface area contributed by atoms with Gasteiger partial charge in [0.05, 0.1) is 5.56 Å². The molecule has 0 unspecified atom stereocenters. The minimum Gasteiger partial charge on any atom is -0.241 e. The Morgan fingerprint density at radius 2 is 1.21 bits per heavy atom. The molecule has 0 saturated carbocycles. The van der Waals surface area contributed by atoms with Crippen molar-refractivity contribution in [2.24, 2.45) is 0 Å². The van der Waals surface area contributed by atoms with Crippen molar-refractivity contribution in [3.8, 4) is 22.5 Å². The average molecular weight is 248 g/mol. The van der Waals surface area contributed by atoms with Gasteiger partial charge in [0.15, 0.2) is 5.82 Å². The maximum absolute atomic E-state index is 4.36. The molecule has 3 aromatic rings. The number of aromatic nitrogens is 4. The average Bonchev–Trinajstić information content (AvgIpc) is 2.49. The molecule has 0 spiro atoms. The Hall–Kier alpha value is -2.62. The minimum absolute atomic E-state index is 0.639. The van der Waals surface area contributed by atoms with E-state index in [1.165, 1.54) is 0 Å². The highest BCUT2D eigenvalue weighted by molar-refractivity contribution is 5.63. The van der Waals surface area contributed by atoms with Gasteiger partial charge in [-0.25, -0.2) is 19.9 Å². The molecule has 0 bridgehead atoms. The zero-order valence-electron chi connectivity index (χ0n) is 10.5. The van der Waals surface area contributed by atoms with Crippen LogP contribution < -0.4 is 0 Å².